The van der Waals surface area contributed by atoms with Crippen molar-refractivity contribution in [2.24, 2.45) is 0 Å². The van der Waals surface area contributed by atoms with E-state index in [1.165, 1.54) is 6.08 Å². The largest absolute Gasteiger partial charge is 0.481 e. The highest BCUT2D eigenvalue weighted by Crippen LogP contribution is 2.29. The molecule has 5 nitrogen and oxygen atoms in total. The molecule has 140 valence electrons. The predicted molar refractivity (Wildman–Crippen MR) is 109 cm³/mol. The second kappa shape index (κ2) is 9.55. The standard InChI is InChI=1S/C24H16N2O3/c25-15-19(16-26)14-18-10-12-21(13-11-18)29-24(27)17-28-23-9-5-4-8-22(23)20-6-2-1-3-7-20/h1-14H,17H2. The summed E-state index contributed by atoms with van der Waals surface area (Å²) < 4.78 is 11.0. The number of allylic oxidation sites excluding steroid dienone is 1. The van der Waals surface area contributed by atoms with Crippen LogP contribution in [0.2, 0.25) is 0 Å². The van der Waals surface area contributed by atoms with E-state index in [0.717, 1.165) is 11.1 Å². The summed E-state index contributed by atoms with van der Waals surface area (Å²) in [7, 11) is 0. The normalized spacial score (nSPS) is 9.59. The van der Waals surface area contributed by atoms with Gasteiger partial charge >= 0.3 is 5.97 Å². The van der Waals surface area contributed by atoms with Crippen LogP contribution in [0.25, 0.3) is 17.2 Å². The smallest absolute Gasteiger partial charge is 0.349 e. The molecule has 0 spiro atoms. The van der Waals surface area contributed by atoms with E-state index in [-0.39, 0.29) is 12.2 Å². The fourth-order valence-corrected chi connectivity index (χ4v) is 2.63. The summed E-state index contributed by atoms with van der Waals surface area (Å²) in [4.78, 5) is 12.1. The quantitative estimate of drug-likeness (QED) is 0.349. The number of esters is 1. The van der Waals surface area contributed by atoms with Gasteiger partial charge in [0.1, 0.15) is 29.2 Å². The van der Waals surface area contributed by atoms with E-state index in [2.05, 4.69) is 0 Å². The summed E-state index contributed by atoms with van der Waals surface area (Å²) in [5, 5.41) is 17.6. The molecule has 0 atom stereocenters. The van der Waals surface area contributed by atoms with E-state index < -0.39 is 5.97 Å². The molecule has 0 aromatic heterocycles. The number of hydrogen-bond acceptors (Lipinski definition) is 5. The lowest BCUT2D eigenvalue weighted by molar-refractivity contribution is -0.136. The average Bonchev–Trinajstić information content (AvgIpc) is 2.78. The van der Waals surface area contributed by atoms with Crippen LogP contribution in [0.3, 0.4) is 0 Å². The lowest BCUT2D eigenvalue weighted by atomic mass is 10.1. The SMILES string of the molecule is N#CC(C#N)=Cc1ccc(OC(=O)COc2ccccc2-c2ccccc2)cc1. The third-order valence-corrected chi connectivity index (χ3v) is 3.98. The summed E-state index contributed by atoms with van der Waals surface area (Å²) in [5.41, 5.74) is 2.55. The number of benzene rings is 3. The number of ether oxygens (including phenoxy) is 2. The number of carbonyl (C=O) groups is 1. The van der Waals surface area contributed by atoms with Crippen LogP contribution in [0, 0.1) is 22.7 Å². The van der Waals surface area contributed by atoms with E-state index >= 15 is 0 Å². The summed E-state index contributed by atoms with van der Waals surface area (Å²) in [6.07, 6.45) is 1.45. The van der Waals surface area contributed by atoms with Crippen molar-refractivity contribution in [1.29, 1.82) is 10.5 Å². The van der Waals surface area contributed by atoms with Crippen molar-refractivity contribution in [1.82, 2.24) is 0 Å². The zero-order chi connectivity index (χ0) is 20.5. The van der Waals surface area contributed by atoms with Gasteiger partial charge in [0.25, 0.3) is 0 Å². The molecular weight excluding hydrogens is 364 g/mol. The van der Waals surface area contributed by atoms with E-state index in [1.807, 2.05) is 48.5 Å². The fourth-order valence-electron chi connectivity index (χ4n) is 2.63. The number of para-hydroxylation sites is 1. The lowest BCUT2D eigenvalue weighted by Crippen LogP contribution is -2.17. The number of carbonyl (C=O) groups excluding carboxylic acids is 1. The molecule has 0 bridgehead atoms. The maximum Gasteiger partial charge on any atom is 0.349 e. The summed E-state index contributed by atoms with van der Waals surface area (Å²) in [5.74, 6) is 0.408. The summed E-state index contributed by atoms with van der Waals surface area (Å²) in [6.45, 7) is -0.238. The molecule has 0 radical (unpaired) electrons. The Morgan fingerprint density at radius 3 is 2.21 bits per heavy atom. The van der Waals surface area contributed by atoms with Crippen LogP contribution < -0.4 is 9.47 Å². The second-order valence-corrected chi connectivity index (χ2v) is 5.98. The minimum absolute atomic E-state index is 0.000209. The van der Waals surface area contributed by atoms with Gasteiger partial charge in [0.05, 0.1) is 0 Å². The van der Waals surface area contributed by atoms with Gasteiger partial charge < -0.3 is 9.47 Å². The second-order valence-electron chi connectivity index (χ2n) is 5.98. The highest BCUT2D eigenvalue weighted by atomic mass is 16.6. The highest BCUT2D eigenvalue weighted by molar-refractivity contribution is 5.75. The number of hydrogen-bond donors (Lipinski definition) is 0. The van der Waals surface area contributed by atoms with Gasteiger partial charge in [-0.05, 0) is 35.4 Å². The lowest BCUT2D eigenvalue weighted by Gasteiger charge is -2.11. The first-order valence-electron chi connectivity index (χ1n) is 8.79. The molecule has 3 rings (SSSR count). The van der Waals surface area contributed by atoms with Gasteiger partial charge in [0, 0.05) is 5.56 Å². The Bertz CT molecular complexity index is 1090. The number of nitrogens with zero attached hydrogens (tertiary/aromatic N) is 2. The molecule has 0 aliphatic rings. The van der Waals surface area contributed by atoms with Gasteiger partial charge in [0.15, 0.2) is 6.61 Å². The topological polar surface area (TPSA) is 83.1 Å². The molecule has 29 heavy (non-hydrogen) atoms. The third-order valence-electron chi connectivity index (χ3n) is 3.98. The highest BCUT2D eigenvalue weighted by Gasteiger charge is 2.10. The fraction of sp³-hybridized carbons (Fsp3) is 0.0417. The first-order chi connectivity index (χ1) is 14.2. The molecule has 0 N–H and O–H groups in total. The van der Waals surface area contributed by atoms with Crippen molar-refractivity contribution >= 4 is 12.0 Å². The number of nitriles is 2. The van der Waals surface area contributed by atoms with Gasteiger partial charge in [-0.1, -0.05) is 60.7 Å². The zero-order valence-corrected chi connectivity index (χ0v) is 15.4. The van der Waals surface area contributed by atoms with E-state index in [0.29, 0.717) is 17.1 Å². The van der Waals surface area contributed by atoms with Crippen LogP contribution in [-0.4, -0.2) is 12.6 Å². The predicted octanol–water partition coefficient (Wildman–Crippen LogP) is 4.77. The molecule has 3 aromatic carbocycles. The molecule has 0 fully saturated rings. The van der Waals surface area contributed by atoms with Gasteiger partial charge in [0.2, 0.25) is 0 Å². The maximum absolute atomic E-state index is 12.1. The van der Waals surface area contributed by atoms with Crippen LogP contribution in [0.4, 0.5) is 0 Å². The Balaban J connectivity index is 1.62. The molecule has 0 saturated carbocycles. The van der Waals surface area contributed by atoms with Crippen LogP contribution in [-0.2, 0) is 4.79 Å². The molecule has 3 aromatic rings. The summed E-state index contributed by atoms with van der Waals surface area (Å²) >= 11 is 0. The van der Waals surface area contributed by atoms with Crippen molar-refractivity contribution in [3.8, 4) is 34.8 Å². The first-order valence-corrected chi connectivity index (χ1v) is 8.79. The molecule has 0 aliphatic carbocycles. The molecule has 0 heterocycles. The van der Waals surface area contributed by atoms with Crippen LogP contribution in [0.5, 0.6) is 11.5 Å². The van der Waals surface area contributed by atoms with Gasteiger partial charge in [-0.15, -0.1) is 0 Å². The van der Waals surface area contributed by atoms with Gasteiger partial charge in [-0.25, -0.2) is 4.79 Å². The Kier molecular flexibility index (Phi) is 6.39. The van der Waals surface area contributed by atoms with Crippen molar-refractivity contribution in [2.45, 2.75) is 0 Å². The van der Waals surface area contributed by atoms with Crippen molar-refractivity contribution in [2.75, 3.05) is 6.61 Å². The van der Waals surface area contributed by atoms with E-state index in [9.17, 15) is 4.79 Å². The Labute approximate surface area is 168 Å². The molecule has 5 heteroatoms. The zero-order valence-electron chi connectivity index (χ0n) is 15.4. The molecule has 0 unspecified atom stereocenters. The van der Waals surface area contributed by atoms with Crippen LogP contribution >= 0.6 is 0 Å². The Morgan fingerprint density at radius 1 is 0.862 bits per heavy atom. The maximum atomic E-state index is 12.1. The molecular formula is C24H16N2O3. The molecule has 0 saturated heterocycles. The Hall–Kier alpha value is -4.35. The van der Waals surface area contributed by atoms with Crippen molar-refractivity contribution in [3.05, 3.63) is 90.0 Å². The molecule has 0 amide bonds. The third kappa shape index (κ3) is 5.32. The minimum Gasteiger partial charge on any atom is -0.481 e. The van der Waals surface area contributed by atoms with Gasteiger partial charge in [-0.2, -0.15) is 10.5 Å². The Morgan fingerprint density at radius 2 is 1.52 bits per heavy atom. The first kappa shape index (κ1) is 19.4. The van der Waals surface area contributed by atoms with E-state index in [1.54, 1.807) is 42.5 Å². The van der Waals surface area contributed by atoms with Crippen LogP contribution in [0.15, 0.2) is 84.4 Å². The van der Waals surface area contributed by atoms with Crippen molar-refractivity contribution < 1.29 is 14.3 Å². The van der Waals surface area contributed by atoms with Crippen molar-refractivity contribution in [3.63, 3.8) is 0 Å². The minimum atomic E-state index is -0.536. The number of rotatable bonds is 6. The summed E-state index contributed by atoms with van der Waals surface area (Å²) in [6, 6.07) is 27.3. The van der Waals surface area contributed by atoms with E-state index in [4.69, 9.17) is 20.0 Å². The average molecular weight is 380 g/mol. The van der Waals surface area contributed by atoms with Gasteiger partial charge in [-0.3, -0.25) is 0 Å². The monoisotopic (exact) mass is 380 g/mol. The molecule has 0 aliphatic heterocycles. The van der Waals surface area contributed by atoms with Crippen LogP contribution in [0.1, 0.15) is 5.56 Å².